The molecule has 1 aromatic rings. The molecule has 1 amide bonds. The molecule has 98 valence electrons. The third kappa shape index (κ3) is 2.58. The van der Waals surface area contributed by atoms with Gasteiger partial charge in [0.15, 0.2) is 0 Å². The Hall–Kier alpha value is -0.910. The van der Waals surface area contributed by atoms with Crippen molar-refractivity contribution in [3.8, 4) is 0 Å². The van der Waals surface area contributed by atoms with Crippen molar-refractivity contribution in [2.24, 2.45) is 0 Å². The SMILES string of the molecule is Cc1ccc(C(=O)N(C)[C@H]2CNC[C@@H]2O)c(Br)c1. The average molecular weight is 313 g/mol. The summed E-state index contributed by atoms with van der Waals surface area (Å²) in [4.78, 5) is 14.0. The largest absolute Gasteiger partial charge is 0.390 e. The van der Waals surface area contributed by atoms with E-state index in [-0.39, 0.29) is 11.9 Å². The maximum Gasteiger partial charge on any atom is 0.255 e. The van der Waals surface area contributed by atoms with E-state index < -0.39 is 6.10 Å². The first-order valence-electron chi connectivity index (χ1n) is 5.93. The highest BCUT2D eigenvalue weighted by atomic mass is 79.9. The maximum absolute atomic E-state index is 12.4. The van der Waals surface area contributed by atoms with Gasteiger partial charge in [0.1, 0.15) is 0 Å². The van der Waals surface area contributed by atoms with E-state index in [4.69, 9.17) is 0 Å². The van der Waals surface area contributed by atoms with Crippen LogP contribution in [0.5, 0.6) is 0 Å². The van der Waals surface area contributed by atoms with E-state index in [0.717, 1.165) is 10.0 Å². The standard InChI is InChI=1S/C13H17BrN2O2/c1-8-3-4-9(10(14)5-8)13(18)16(2)11-6-15-7-12(11)17/h3-5,11-12,15,17H,6-7H2,1-2H3/t11-,12-/m0/s1. The predicted octanol–water partition coefficient (Wildman–Crippen LogP) is 1.16. The maximum atomic E-state index is 12.4. The minimum absolute atomic E-state index is 0.0744. The van der Waals surface area contributed by atoms with Crippen molar-refractivity contribution >= 4 is 21.8 Å². The van der Waals surface area contributed by atoms with Crippen molar-refractivity contribution in [1.29, 1.82) is 0 Å². The molecule has 5 heteroatoms. The Kier molecular flexibility index (Phi) is 4.04. The van der Waals surface area contributed by atoms with Crippen LogP contribution in [0.2, 0.25) is 0 Å². The van der Waals surface area contributed by atoms with E-state index in [2.05, 4.69) is 21.2 Å². The Morgan fingerprint density at radius 1 is 1.50 bits per heavy atom. The molecule has 18 heavy (non-hydrogen) atoms. The minimum Gasteiger partial charge on any atom is -0.390 e. The molecule has 1 fully saturated rings. The fourth-order valence-corrected chi connectivity index (χ4v) is 2.84. The number of β-amino-alcohol motifs (C(OH)–C–C–N with tert-alkyl or cyclic N) is 1. The van der Waals surface area contributed by atoms with Crippen LogP contribution in [-0.4, -0.2) is 48.2 Å². The Bertz CT molecular complexity index is 464. The number of carbonyl (C=O) groups excluding carboxylic acids is 1. The lowest BCUT2D eigenvalue weighted by molar-refractivity contribution is 0.0580. The van der Waals surface area contributed by atoms with Gasteiger partial charge in [-0.2, -0.15) is 0 Å². The van der Waals surface area contributed by atoms with Crippen LogP contribution in [0.1, 0.15) is 15.9 Å². The van der Waals surface area contributed by atoms with Gasteiger partial charge < -0.3 is 15.3 Å². The van der Waals surface area contributed by atoms with Crippen LogP contribution in [0.3, 0.4) is 0 Å². The van der Waals surface area contributed by atoms with Crippen molar-refractivity contribution in [2.45, 2.75) is 19.1 Å². The molecule has 1 saturated heterocycles. The fraction of sp³-hybridized carbons (Fsp3) is 0.462. The van der Waals surface area contributed by atoms with E-state index in [0.29, 0.717) is 18.7 Å². The van der Waals surface area contributed by atoms with E-state index in [1.54, 1.807) is 11.9 Å². The lowest BCUT2D eigenvalue weighted by atomic mass is 10.1. The summed E-state index contributed by atoms with van der Waals surface area (Å²) in [6, 6.07) is 5.48. The number of hydrogen-bond acceptors (Lipinski definition) is 3. The number of halogens is 1. The number of carbonyl (C=O) groups is 1. The molecule has 0 aromatic heterocycles. The zero-order valence-electron chi connectivity index (χ0n) is 10.5. The van der Waals surface area contributed by atoms with Gasteiger partial charge in [0.2, 0.25) is 0 Å². The van der Waals surface area contributed by atoms with Crippen molar-refractivity contribution in [2.75, 3.05) is 20.1 Å². The molecule has 0 aliphatic carbocycles. The van der Waals surface area contributed by atoms with Gasteiger partial charge in [0, 0.05) is 24.6 Å². The lowest BCUT2D eigenvalue weighted by Crippen LogP contribution is -2.44. The molecule has 0 radical (unpaired) electrons. The van der Waals surface area contributed by atoms with Crippen LogP contribution in [0, 0.1) is 6.92 Å². The zero-order chi connectivity index (χ0) is 13.3. The van der Waals surface area contributed by atoms with Gasteiger partial charge in [-0.1, -0.05) is 6.07 Å². The predicted molar refractivity (Wildman–Crippen MR) is 73.6 cm³/mol. The van der Waals surface area contributed by atoms with E-state index >= 15 is 0 Å². The Labute approximate surface area is 115 Å². The number of nitrogens with zero attached hydrogens (tertiary/aromatic N) is 1. The van der Waals surface area contributed by atoms with Gasteiger partial charge in [0.25, 0.3) is 5.91 Å². The zero-order valence-corrected chi connectivity index (χ0v) is 12.1. The highest BCUT2D eigenvalue weighted by Gasteiger charge is 2.31. The van der Waals surface area contributed by atoms with Gasteiger partial charge in [0.05, 0.1) is 17.7 Å². The van der Waals surface area contributed by atoms with Gasteiger partial charge in [-0.15, -0.1) is 0 Å². The molecule has 1 aromatic carbocycles. The third-order valence-electron chi connectivity index (χ3n) is 3.32. The van der Waals surface area contributed by atoms with Crippen LogP contribution in [0.4, 0.5) is 0 Å². The van der Waals surface area contributed by atoms with Gasteiger partial charge in [-0.05, 0) is 40.5 Å². The van der Waals surface area contributed by atoms with Gasteiger partial charge in [-0.25, -0.2) is 0 Å². The number of amides is 1. The normalized spacial score (nSPS) is 23.1. The molecule has 0 bridgehead atoms. The summed E-state index contributed by atoms with van der Waals surface area (Å²) < 4.78 is 0.791. The molecule has 1 aliphatic rings. The Morgan fingerprint density at radius 3 is 2.78 bits per heavy atom. The summed E-state index contributed by atoms with van der Waals surface area (Å²) in [5.41, 5.74) is 1.73. The van der Waals surface area contributed by atoms with Crippen LogP contribution < -0.4 is 5.32 Å². The molecule has 2 atom stereocenters. The minimum atomic E-state index is -0.497. The molecule has 0 spiro atoms. The first-order chi connectivity index (χ1) is 8.50. The average Bonchev–Trinajstić information content (AvgIpc) is 2.74. The quantitative estimate of drug-likeness (QED) is 0.861. The number of hydrogen-bond donors (Lipinski definition) is 2. The second kappa shape index (κ2) is 5.38. The summed E-state index contributed by atoms with van der Waals surface area (Å²) >= 11 is 3.41. The smallest absolute Gasteiger partial charge is 0.255 e. The van der Waals surface area contributed by atoms with E-state index in [1.807, 2.05) is 25.1 Å². The van der Waals surface area contributed by atoms with E-state index in [9.17, 15) is 9.90 Å². The number of aliphatic hydroxyl groups is 1. The van der Waals surface area contributed by atoms with Crippen molar-refractivity contribution in [3.05, 3.63) is 33.8 Å². The summed E-state index contributed by atoms with van der Waals surface area (Å²) in [5.74, 6) is -0.0744. The lowest BCUT2D eigenvalue weighted by Gasteiger charge is -2.26. The number of rotatable bonds is 2. The van der Waals surface area contributed by atoms with Gasteiger partial charge in [-0.3, -0.25) is 4.79 Å². The molecule has 1 heterocycles. The van der Waals surface area contributed by atoms with Crippen LogP contribution in [-0.2, 0) is 0 Å². The highest BCUT2D eigenvalue weighted by Crippen LogP contribution is 2.21. The van der Waals surface area contributed by atoms with Crippen LogP contribution >= 0.6 is 15.9 Å². The Morgan fingerprint density at radius 2 is 2.22 bits per heavy atom. The van der Waals surface area contributed by atoms with Crippen molar-refractivity contribution in [3.63, 3.8) is 0 Å². The molecule has 2 N–H and O–H groups in total. The summed E-state index contributed by atoms with van der Waals surface area (Å²) in [5, 5.41) is 12.9. The summed E-state index contributed by atoms with van der Waals surface area (Å²) in [7, 11) is 1.73. The Balaban J connectivity index is 2.20. The number of likely N-dealkylation sites (N-methyl/N-ethyl adjacent to an activating group) is 1. The second-order valence-electron chi connectivity index (χ2n) is 4.69. The fourth-order valence-electron chi connectivity index (χ4n) is 2.18. The first-order valence-corrected chi connectivity index (χ1v) is 6.72. The van der Waals surface area contributed by atoms with Gasteiger partial charge >= 0.3 is 0 Å². The molecule has 0 saturated carbocycles. The van der Waals surface area contributed by atoms with E-state index in [1.165, 1.54) is 0 Å². The molecular formula is C13H17BrN2O2. The number of benzene rings is 1. The topological polar surface area (TPSA) is 52.6 Å². The molecule has 1 aliphatic heterocycles. The summed E-state index contributed by atoms with van der Waals surface area (Å²) in [6.45, 7) is 3.15. The monoisotopic (exact) mass is 312 g/mol. The van der Waals surface area contributed by atoms with Crippen LogP contribution in [0.25, 0.3) is 0 Å². The third-order valence-corrected chi connectivity index (χ3v) is 3.98. The molecule has 4 nitrogen and oxygen atoms in total. The molecular weight excluding hydrogens is 296 g/mol. The van der Waals surface area contributed by atoms with Crippen molar-refractivity contribution in [1.82, 2.24) is 10.2 Å². The van der Waals surface area contributed by atoms with Crippen LogP contribution in [0.15, 0.2) is 22.7 Å². The summed E-state index contributed by atoms with van der Waals surface area (Å²) in [6.07, 6.45) is -0.497. The molecule has 2 rings (SSSR count). The number of aryl methyl sites for hydroxylation is 1. The molecule has 0 unspecified atom stereocenters. The highest BCUT2D eigenvalue weighted by molar-refractivity contribution is 9.10. The van der Waals surface area contributed by atoms with Crippen molar-refractivity contribution < 1.29 is 9.90 Å². The first kappa shape index (κ1) is 13.5. The second-order valence-corrected chi connectivity index (χ2v) is 5.55. The number of nitrogens with one attached hydrogen (secondary N) is 1. The number of aliphatic hydroxyl groups excluding tert-OH is 1.